The maximum Gasteiger partial charge on any atom is 0.330 e. The highest BCUT2D eigenvalue weighted by atomic mass is 16.5. The zero-order valence-electron chi connectivity index (χ0n) is 14.4. The van der Waals surface area contributed by atoms with Crippen molar-refractivity contribution < 1.29 is 14.3 Å². The molecule has 2 aromatic carbocycles. The number of aryl methyl sites for hydroxylation is 1. The monoisotopic (exact) mass is 349 g/mol. The summed E-state index contributed by atoms with van der Waals surface area (Å²) < 4.78 is 6.54. The van der Waals surface area contributed by atoms with Crippen LogP contribution in [0.1, 0.15) is 12.2 Å². The number of aromatic nitrogens is 2. The van der Waals surface area contributed by atoms with E-state index in [2.05, 4.69) is 15.0 Å². The molecule has 6 nitrogen and oxygen atoms in total. The number of hydrogen-bond acceptors (Lipinski definition) is 4. The molecule has 3 rings (SSSR count). The summed E-state index contributed by atoms with van der Waals surface area (Å²) in [5.41, 5.74) is 2.48. The molecular formula is C20H19N3O3. The summed E-state index contributed by atoms with van der Waals surface area (Å²) in [6, 6.07) is 17.0. The second kappa shape index (κ2) is 8.11. The molecular weight excluding hydrogens is 330 g/mol. The molecule has 26 heavy (non-hydrogen) atoms. The first-order chi connectivity index (χ1) is 12.7. The Morgan fingerprint density at radius 3 is 2.62 bits per heavy atom. The van der Waals surface area contributed by atoms with Crippen molar-refractivity contribution in [2.24, 2.45) is 0 Å². The summed E-state index contributed by atoms with van der Waals surface area (Å²) >= 11 is 0. The summed E-state index contributed by atoms with van der Waals surface area (Å²) in [6.45, 7) is 0.444. The molecule has 0 saturated carbocycles. The average Bonchev–Trinajstić information content (AvgIpc) is 3.02. The highest BCUT2D eigenvalue weighted by molar-refractivity contribution is 5.91. The minimum Gasteiger partial charge on any atom is -0.466 e. The van der Waals surface area contributed by atoms with E-state index in [9.17, 15) is 9.59 Å². The second-order valence-corrected chi connectivity index (χ2v) is 5.63. The van der Waals surface area contributed by atoms with Crippen molar-refractivity contribution in [3.8, 4) is 0 Å². The van der Waals surface area contributed by atoms with E-state index in [4.69, 9.17) is 0 Å². The number of ether oxygens (including phenoxy) is 1. The van der Waals surface area contributed by atoms with Crippen molar-refractivity contribution in [1.29, 1.82) is 0 Å². The molecule has 1 heterocycles. The molecule has 0 aliphatic heterocycles. The number of nitrogens with one attached hydrogen (secondary N) is 1. The number of amides is 1. The number of para-hydroxylation sites is 3. The zero-order chi connectivity index (χ0) is 18.4. The number of rotatable bonds is 6. The molecule has 0 spiro atoms. The van der Waals surface area contributed by atoms with Crippen LogP contribution in [0.25, 0.3) is 17.1 Å². The number of carbonyl (C=O) groups excluding carboxylic acids is 2. The third kappa shape index (κ3) is 4.16. The first-order valence-corrected chi connectivity index (χ1v) is 8.23. The molecule has 132 valence electrons. The topological polar surface area (TPSA) is 73.2 Å². The predicted octanol–water partition coefficient (Wildman–Crippen LogP) is 3.25. The van der Waals surface area contributed by atoms with Gasteiger partial charge in [-0.15, -0.1) is 0 Å². The molecule has 0 unspecified atom stereocenters. The van der Waals surface area contributed by atoms with Crippen molar-refractivity contribution in [3.63, 3.8) is 0 Å². The van der Waals surface area contributed by atoms with Crippen LogP contribution in [0.5, 0.6) is 0 Å². The van der Waals surface area contributed by atoms with Crippen molar-refractivity contribution in [2.45, 2.75) is 13.0 Å². The Kier molecular flexibility index (Phi) is 5.43. The number of benzene rings is 2. The number of nitrogens with zero attached hydrogens (tertiary/aromatic N) is 2. The SMILES string of the molecule is COC(=O)/C=C/c1nc2ccccc2n1CCC(=O)Nc1ccccc1. The number of anilines is 1. The molecule has 0 saturated heterocycles. The van der Waals surface area contributed by atoms with E-state index >= 15 is 0 Å². The Bertz CT molecular complexity index is 945. The fourth-order valence-corrected chi connectivity index (χ4v) is 2.63. The van der Waals surface area contributed by atoms with E-state index in [0.717, 1.165) is 16.7 Å². The van der Waals surface area contributed by atoms with Gasteiger partial charge < -0.3 is 14.6 Å². The molecule has 1 amide bonds. The lowest BCUT2D eigenvalue weighted by Crippen LogP contribution is -2.15. The van der Waals surface area contributed by atoms with E-state index < -0.39 is 5.97 Å². The maximum atomic E-state index is 12.2. The molecule has 3 aromatic rings. The third-order valence-electron chi connectivity index (χ3n) is 3.87. The summed E-state index contributed by atoms with van der Waals surface area (Å²) in [7, 11) is 1.32. The van der Waals surface area contributed by atoms with Gasteiger partial charge in [0.05, 0.1) is 18.1 Å². The van der Waals surface area contributed by atoms with Gasteiger partial charge in [-0.1, -0.05) is 30.3 Å². The molecule has 0 aliphatic carbocycles. The number of esters is 1. The van der Waals surface area contributed by atoms with E-state index in [1.165, 1.54) is 13.2 Å². The molecule has 6 heteroatoms. The molecule has 0 radical (unpaired) electrons. The number of imidazole rings is 1. The van der Waals surface area contributed by atoms with Crippen molar-refractivity contribution in [3.05, 3.63) is 66.5 Å². The van der Waals surface area contributed by atoms with Crippen LogP contribution in [0, 0.1) is 0 Å². The van der Waals surface area contributed by atoms with Gasteiger partial charge in [-0.3, -0.25) is 4.79 Å². The van der Waals surface area contributed by atoms with E-state index in [1.54, 1.807) is 6.08 Å². The molecule has 0 bridgehead atoms. The Morgan fingerprint density at radius 2 is 1.85 bits per heavy atom. The Labute approximate surface area is 151 Å². The lowest BCUT2D eigenvalue weighted by Gasteiger charge is -2.08. The van der Waals surface area contributed by atoms with E-state index in [1.807, 2.05) is 59.2 Å². The Hall–Kier alpha value is -3.41. The van der Waals surface area contributed by atoms with Gasteiger partial charge in [-0.05, 0) is 30.3 Å². The largest absolute Gasteiger partial charge is 0.466 e. The number of methoxy groups -OCH3 is 1. The van der Waals surface area contributed by atoms with Crippen LogP contribution >= 0.6 is 0 Å². The summed E-state index contributed by atoms with van der Waals surface area (Å²) in [5.74, 6) is 0.0615. The molecule has 0 fully saturated rings. The normalized spacial score (nSPS) is 11.0. The Balaban J connectivity index is 1.78. The standard InChI is InChI=1S/C20H19N3O3/c1-26-20(25)12-11-18-22-16-9-5-6-10-17(16)23(18)14-13-19(24)21-15-7-3-2-4-8-15/h2-12H,13-14H2,1H3,(H,21,24)/b12-11+. The second-order valence-electron chi connectivity index (χ2n) is 5.63. The van der Waals surface area contributed by atoms with Gasteiger partial charge in [-0.25, -0.2) is 9.78 Å². The Morgan fingerprint density at radius 1 is 1.12 bits per heavy atom. The van der Waals surface area contributed by atoms with Gasteiger partial charge in [0.1, 0.15) is 5.82 Å². The predicted molar refractivity (Wildman–Crippen MR) is 100 cm³/mol. The highest BCUT2D eigenvalue weighted by Gasteiger charge is 2.11. The lowest BCUT2D eigenvalue weighted by atomic mass is 10.3. The molecule has 0 aliphatic rings. The minimum atomic E-state index is -0.453. The highest BCUT2D eigenvalue weighted by Crippen LogP contribution is 2.18. The number of carbonyl (C=O) groups is 2. The van der Waals surface area contributed by atoms with Gasteiger partial charge in [0.25, 0.3) is 0 Å². The third-order valence-corrected chi connectivity index (χ3v) is 3.87. The van der Waals surface area contributed by atoms with Crippen molar-refractivity contribution in [2.75, 3.05) is 12.4 Å². The summed E-state index contributed by atoms with van der Waals surface area (Å²) in [5, 5.41) is 2.87. The van der Waals surface area contributed by atoms with Gasteiger partial charge in [0, 0.05) is 24.7 Å². The van der Waals surface area contributed by atoms with Crippen LogP contribution in [0.2, 0.25) is 0 Å². The summed E-state index contributed by atoms with van der Waals surface area (Å²) in [4.78, 5) is 28.1. The van der Waals surface area contributed by atoms with Crippen LogP contribution < -0.4 is 5.32 Å². The zero-order valence-corrected chi connectivity index (χ0v) is 14.4. The number of fused-ring (bicyclic) bond motifs is 1. The molecule has 1 N–H and O–H groups in total. The maximum absolute atomic E-state index is 12.2. The van der Waals surface area contributed by atoms with Crippen LogP contribution in [0.15, 0.2) is 60.7 Å². The lowest BCUT2D eigenvalue weighted by molar-refractivity contribution is -0.134. The van der Waals surface area contributed by atoms with Gasteiger partial charge in [0.15, 0.2) is 0 Å². The van der Waals surface area contributed by atoms with Gasteiger partial charge in [-0.2, -0.15) is 0 Å². The van der Waals surface area contributed by atoms with Crippen LogP contribution in [0.4, 0.5) is 5.69 Å². The molecule has 1 aromatic heterocycles. The summed E-state index contributed by atoms with van der Waals surface area (Å²) in [6.07, 6.45) is 3.21. The molecule has 0 atom stereocenters. The average molecular weight is 349 g/mol. The van der Waals surface area contributed by atoms with E-state index in [0.29, 0.717) is 12.4 Å². The van der Waals surface area contributed by atoms with Gasteiger partial charge >= 0.3 is 5.97 Å². The first kappa shape index (κ1) is 17.4. The quantitative estimate of drug-likeness (QED) is 0.548. The van der Waals surface area contributed by atoms with Crippen molar-refractivity contribution >= 4 is 34.7 Å². The van der Waals surface area contributed by atoms with E-state index in [-0.39, 0.29) is 12.3 Å². The van der Waals surface area contributed by atoms with Crippen LogP contribution in [0.3, 0.4) is 0 Å². The smallest absolute Gasteiger partial charge is 0.330 e. The van der Waals surface area contributed by atoms with Crippen molar-refractivity contribution in [1.82, 2.24) is 9.55 Å². The van der Waals surface area contributed by atoms with Crippen LogP contribution in [-0.2, 0) is 20.9 Å². The first-order valence-electron chi connectivity index (χ1n) is 8.23. The number of hydrogen-bond donors (Lipinski definition) is 1. The van der Waals surface area contributed by atoms with Gasteiger partial charge in [0.2, 0.25) is 5.91 Å². The fourth-order valence-electron chi connectivity index (χ4n) is 2.63. The van der Waals surface area contributed by atoms with Crippen LogP contribution in [-0.4, -0.2) is 28.5 Å². The minimum absolute atomic E-state index is 0.0862. The fraction of sp³-hybridized carbons (Fsp3) is 0.150.